The van der Waals surface area contributed by atoms with E-state index in [4.69, 9.17) is 9.15 Å². The summed E-state index contributed by atoms with van der Waals surface area (Å²) >= 11 is 0. The molecule has 2 amide bonds. The molecule has 2 atom stereocenters. The molecule has 0 saturated heterocycles. The average Bonchev–Trinajstić information content (AvgIpc) is 3.14. The van der Waals surface area contributed by atoms with Crippen molar-refractivity contribution in [3.8, 4) is 5.75 Å². The quantitative estimate of drug-likeness (QED) is 0.770. The number of ether oxygens (including phenoxy) is 1. The molecular weight excluding hydrogens is 318 g/mol. The number of amides is 2. The van der Waals surface area contributed by atoms with Gasteiger partial charge in [0.2, 0.25) is 0 Å². The topological polar surface area (TPSA) is 66.7 Å². The van der Waals surface area contributed by atoms with Crippen molar-refractivity contribution in [3.05, 3.63) is 54.0 Å². The van der Waals surface area contributed by atoms with Crippen molar-refractivity contribution < 1.29 is 13.9 Å². The van der Waals surface area contributed by atoms with Gasteiger partial charge in [0.1, 0.15) is 11.5 Å². The lowest BCUT2D eigenvalue weighted by Crippen LogP contribution is -2.41. The van der Waals surface area contributed by atoms with Gasteiger partial charge in [0.15, 0.2) is 0 Å². The third kappa shape index (κ3) is 5.26. The SMILES string of the molecule is CCC(NC(=O)NCC(c1ccco1)N(C)C)c1ccc(OC)cc1. The molecule has 1 aromatic heterocycles. The van der Waals surface area contributed by atoms with Gasteiger partial charge < -0.3 is 19.8 Å². The van der Waals surface area contributed by atoms with E-state index >= 15 is 0 Å². The zero-order chi connectivity index (χ0) is 18.2. The molecule has 2 rings (SSSR count). The van der Waals surface area contributed by atoms with Crippen LogP contribution in [0.1, 0.15) is 36.8 Å². The Kier molecular flexibility index (Phi) is 6.89. The smallest absolute Gasteiger partial charge is 0.315 e. The summed E-state index contributed by atoms with van der Waals surface area (Å²) in [5, 5.41) is 5.95. The van der Waals surface area contributed by atoms with Gasteiger partial charge >= 0.3 is 6.03 Å². The maximum atomic E-state index is 12.3. The Morgan fingerprint density at radius 1 is 1.24 bits per heavy atom. The van der Waals surface area contributed by atoms with Gasteiger partial charge in [-0.2, -0.15) is 0 Å². The molecule has 0 bridgehead atoms. The first-order chi connectivity index (χ1) is 12.0. The van der Waals surface area contributed by atoms with Gasteiger partial charge in [-0.05, 0) is 50.3 Å². The van der Waals surface area contributed by atoms with Crippen molar-refractivity contribution in [1.29, 1.82) is 0 Å². The summed E-state index contributed by atoms with van der Waals surface area (Å²) in [4.78, 5) is 14.3. The molecule has 1 heterocycles. The molecular formula is C19H27N3O3. The van der Waals surface area contributed by atoms with Crippen molar-refractivity contribution in [1.82, 2.24) is 15.5 Å². The number of benzene rings is 1. The lowest BCUT2D eigenvalue weighted by Gasteiger charge is -2.24. The highest BCUT2D eigenvalue weighted by Gasteiger charge is 2.19. The summed E-state index contributed by atoms with van der Waals surface area (Å²) in [5.74, 6) is 1.63. The minimum Gasteiger partial charge on any atom is -0.497 e. The molecule has 2 N–H and O–H groups in total. The normalized spacial score (nSPS) is 13.3. The predicted molar refractivity (Wildman–Crippen MR) is 97.7 cm³/mol. The zero-order valence-electron chi connectivity index (χ0n) is 15.3. The number of carbonyl (C=O) groups is 1. The summed E-state index contributed by atoms with van der Waals surface area (Å²) in [6.45, 7) is 2.51. The molecule has 0 radical (unpaired) electrons. The predicted octanol–water partition coefficient (Wildman–Crippen LogP) is 3.34. The maximum absolute atomic E-state index is 12.3. The fourth-order valence-electron chi connectivity index (χ4n) is 2.67. The van der Waals surface area contributed by atoms with E-state index < -0.39 is 0 Å². The molecule has 0 spiro atoms. The molecule has 6 heteroatoms. The Balaban J connectivity index is 1.92. The number of rotatable bonds is 8. The van der Waals surface area contributed by atoms with Crippen LogP contribution in [-0.2, 0) is 0 Å². The van der Waals surface area contributed by atoms with Crippen LogP contribution in [0.4, 0.5) is 4.79 Å². The highest BCUT2D eigenvalue weighted by molar-refractivity contribution is 5.74. The van der Waals surface area contributed by atoms with Gasteiger partial charge in [-0.1, -0.05) is 19.1 Å². The number of furan rings is 1. The Labute approximate surface area is 149 Å². The van der Waals surface area contributed by atoms with E-state index in [1.165, 1.54) is 0 Å². The summed E-state index contributed by atoms with van der Waals surface area (Å²) in [6, 6.07) is 11.2. The number of likely N-dealkylation sites (N-methyl/N-ethyl adjacent to an activating group) is 1. The second kappa shape index (κ2) is 9.13. The van der Waals surface area contributed by atoms with Crippen molar-refractivity contribution in [2.45, 2.75) is 25.4 Å². The van der Waals surface area contributed by atoms with Crippen LogP contribution in [0.2, 0.25) is 0 Å². The third-order valence-corrected chi connectivity index (χ3v) is 4.18. The molecule has 0 aliphatic carbocycles. The molecule has 0 aliphatic rings. The highest BCUT2D eigenvalue weighted by atomic mass is 16.5. The van der Waals surface area contributed by atoms with Gasteiger partial charge in [0.05, 0.1) is 25.5 Å². The molecule has 2 unspecified atom stereocenters. The first-order valence-electron chi connectivity index (χ1n) is 8.43. The highest BCUT2D eigenvalue weighted by Crippen LogP contribution is 2.20. The number of hydrogen-bond donors (Lipinski definition) is 2. The van der Waals surface area contributed by atoms with E-state index in [9.17, 15) is 4.79 Å². The van der Waals surface area contributed by atoms with Crippen LogP contribution in [0.5, 0.6) is 5.75 Å². The Bertz CT molecular complexity index is 638. The van der Waals surface area contributed by atoms with E-state index in [-0.39, 0.29) is 18.1 Å². The summed E-state index contributed by atoms with van der Waals surface area (Å²) < 4.78 is 10.6. The summed E-state index contributed by atoms with van der Waals surface area (Å²) in [7, 11) is 5.55. The van der Waals surface area contributed by atoms with Gasteiger partial charge in [-0.15, -0.1) is 0 Å². The van der Waals surface area contributed by atoms with Crippen molar-refractivity contribution in [2.75, 3.05) is 27.7 Å². The zero-order valence-corrected chi connectivity index (χ0v) is 15.3. The van der Waals surface area contributed by atoms with E-state index in [1.54, 1.807) is 13.4 Å². The Morgan fingerprint density at radius 3 is 2.48 bits per heavy atom. The fourth-order valence-corrected chi connectivity index (χ4v) is 2.67. The number of nitrogens with zero attached hydrogens (tertiary/aromatic N) is 1. The van der Waals surface area contributed by atoms with Crippen LogP contribution < -0.4 is 15.4 Å². The summed E-state index contributed by atoms with van der Waals surface area (Å²) in [6.07, 6.45) is 2.44. The first-order valence-corrected chi connectivity index (χ1v) is 8.43. The molecule has 2 aromatic rings. The largest absolute Gasteiger partial charge is 0.497 e. The molecule has 0 fully saturated rings. The lowest BCUT2D eigenvalue weighted by molar-refractivity contribution is 0.222. The van der Waals surface area contributed by atoms with Crippen LogP contribution in [0.25, 0.3) is 0 Å². The Hall–Kier alpha value is -2.47. The lowest BCUT2D eigenvalue weighted by atomic mass is 10.0. The van der Waals surface area contributed by atoms with Gasteiger partial charge in [-0.25, -0.2) is 4.79 Å². The number of urea groups is 1. The second-order valence-electron chi connectivity index (χ2n) is 6.08. The van der Waals surface area contributed by atoms with Crippen LogP contribution in [0, 0.1) is 0 Å². The molecule has 25 heavy (non-hydrogen) atoms. The van der Waals surface area contributed by atoms with Crippen molar-refractivity contribution >= 4 is 6.03 Å². The number of nitrogens with one attached hydrogen (secondary N) is 2. The minimum absolute atomic E-state index is 0.0122. The maximum Gasteiger partial charge on any atom is 0.315 e. The molecule has 6 nitrogen and oxygen atoms in total. The molecule has 0 saturated carbocycles. The van der Waals surface area contributed by atoms with Crippen LogP contribution in [0.15, 0.2) is 47.1 Å². The van der Waals surface area contributed by atoms with Crippen LogP contribution >= 0.6 is 0 Å². The molecule has 0 aliphatic heterocycles. The number of methoxy groups -OCH3 is 1. The van der Waals surface area contributed by atoms with Crippen molar-refractivity contribution in [3.63, 3.8) is 0 Å². The number of hydrogen-bond acceptors (Lipinski definition) is 4. The van der Waals surface area contributed by atoms with Gasteiger partial charge in [0.25, 0.3) is 0 Å². The van der Waals surface area contributed by atoms with Crippen LogP contribution in [0.3, 0.4) is 0 Å². The minimum atomic E-state index is -0.193. The number of carbonyl (C=O) groups excluding carboxylic acids is 1. The van der Waals surface area contributed by atoms with E-state index in [0.29, 0.717) is 6.54 Å². The average molecular weight is 345 g/mol. The van der Waals surface area contributed by atoms with E-state index in [0.717, 1.165) is 23.5 Å². The molecule has 1 aromatic carbocycles. The monoisotopic (exact) mass is 345 g/mol. The summed E-state index contributed by atoms with van der Waals surface area (Å²) in [5.41, 5.74) is 1.05. The standard InChI is InChI=1S/C19H27N3O3/c1-5-16(14-8-10-15(24-4)11-9-14)21-19(23)20-13-17(22(2)3)18-7-6-12-25-18/h6-12,16-17H,5,13H2,1-4H3,(H2,20,21,23). The van der Waals surface area contributed by atoms with Crippen LogP contribution in [-0.4, -0.2) is 38.7 Å². The molecule has 136 valence electrons. The van der Waals surface area contributed by atoms with Gasteiger partial charge in [-0.3, -0.25) is 4.90 Å². The first kappa shape index (κ1) is 18.9. The second-order valence-corrected chi connectivity index (χ2v) is 6.08. The van der Waals surface area contributed by atoms with Gasteiger partial charge in [0, 0.05) is 6.54 Å². The van der Waals surface area contributed by atoms with E-state index in [1.807, 2.05) is 62.3 Å². The Morgan fingerprint density at radius 2 is 1.96 bits per heavy atom. The third-order valence-electron chi connectivity index (χ3n) is 4.18. The van der Waals surface area contributed by atoms with Crippen molar-refractivity contribution in [2.24, 2.45) is 0 Å². The van der Waals surface area contributed by atoms with E-state index in [2.05, 4.69) is 10.6 Å². The fraction of sp³-hybridized carbons (Fsp3) is 0.421.